The van der Waals surface area contributed by atoms with Crippen LogP contribution < -0.4 is 14.8 Å². The van der Waals surface area contributed by atoms with E-state index in [1.54, 1.807) is 7.11 Å². The molecular weight excluding hydrogens is 515 g/mol. The molecule has 0 saturated carbocycles. The van der Waals surface area contributed by atoms with Crippen LogP contribution in [0.3, 0.4) is 0 Å². The topological polar surface area (TPSA) is 43.0 Å². The van der Waals surface area contributed by atoms with Gasteiger partial charge in [-0.3, -0.25) is 4.90 Å². The van der Waals surface area contributed by atoms with E-state index in [1.807, 2.05) is 30.3 Å². The molecule has 0 amide bonds. The number of nitrogens with one attached hydrogen (secondary N) is 1. The summed E-state index contributed by atoms with van der Waals surface area (Å²) >= 11 is 9.83. The van der Waals surface area contributed by atoms with Gasteiger partial charge in [0.05, 0.1) is 24.8 Å². The van der Waals surface area contributed by atoms with Crippen LogP contribution in [0.5, 0.6) is 11.5 Å². The third-order valence-corrected chi connectivity index (χ3v) is 5.61. The van der Waals surface area contributed by atoms with Crippen molar-refractivity contribution in [2.45, 2.75) is 13.2 Å². The number of nitrogens with zero attached hydrogens (tertiary/aromatic N) is 1. The lowest BCUT2D eigenvalue weighted by atomic mass is 10.2. The number of ether oxygens (including phenoxy) is 3. The summed E-state index contributed by atoms with van der Waals surface area (Å²) in [5.74, 6) is 1.38. The molecule has 0 aliphatic carbocycles. The largest absolute Gasteiger partial charge is 0.493 e. The number of hydrogen-bond donors (Lipinski definition) is 1. The number of rotatable bonds is 9. The van der Waals surface area contributed by atoms with Gasteiger partial charge in [0.15, 0.2) is 11.5 Å². The zero-order valence-corrected chi connectivity index (χ0v) is 20.8. The number of hydrogen-bond acceptors (Lipinski definition) is 5. The summed E-state index contributed by atoms with van der Waals surface area (Å²) in [5.41, 5.74) is 2.07. The van der Waals surface area contributed by atoms with E-state index < -0.39 is 0 Å². The third-order valence-electron chi connectivity index (χ3n) is 4.66. The molecule has 1 saturated heterocycles. The van der Waals surface area contributed by atoms with E-state index in [0.717, 1.165) is 61.5 Å². The van der Waals surface area contributed by atoms with Crippen molar-refractivity contribution < 1.29 is 14.2 Å². The molecule has 1 aliphatic rings. The molecule has 30 heavy (non-hydrogen) atoms. The minimum atomic E-state index is 0. The molecule has 2 aromatic rings. The zero-order valence-electron chi connectivity index (χ0n) is 16.9. The molecule has 9 heteroatoms. The Kier molecular flexibility index (Phi) is 13.1. The van der Waals surface area contributed by atoms with Gasteiger partial charge in [0.2, 0.25) is 0 Å². The van der Waals surface area contributed by atoms with Crippen molar-refractivity contribution in [1.82, 2.24) is 10.2 Å². The Morgan fingerprint density at radius 1 is 1.17 bits per heavy atom. The van der Waals surface area contributed by atoms with Gasteiger partial charge in [-0.05, 0) is 39.7 Å². The first kappa shape index (κ1) is 27.3. The molecule has 0 radical (unpaired) electrons. The Morgan fingerprint density at radius 2 is 1.90 bits per heavy atom. The Morgan fingerprint density at radius 3 is 2.60 bits per heavy atom. The van der Waals surface area contributed by atoms with Gasteiger partial charge in [0, 0.05) is 43.3 Å². The van der Waals surface area contributed by atoms with Gasteiger partial charge in [-0.1, -0.05) is 29.8 Å². The molecule has 5 nitrogen and oxygen atoms in total. The summed E-state index contributed by atoms with van der Waals surface area (Å²) in [5, 5.41) is 4.19. The predicted molar refractivity (Wildman–Crippen MR) is 130 cm³/mol. The number of morpholine rings is 1. The van der Waals surface area contributed by atoms with Gasteiger partial charge in [0.1, 0.15) is 6.61 Å². The zero-order chi connectivity index (χ0) is 19.8. The normalized spacial score (nSPS) is 13.8. The van der Waals surface area contributed by atoms with E-state index in [2.05, 4.69) is 32.2 Å². The van der Waals surface area contributed by atoms with Crippen LogP contribution in [0.2, 0.25) is 5.02 Å². The second-order valence-corrected chi connectivity index (χ2v) is 7.88. The number of halogens is 4. The molecule has 0 aromatic heterocycles. The second kappa shape index (κ2) is 14.4. The molecule has 168 valence electrons. The second-order valence-electron chi connectivity index (χ2n) is 6.62. The third kappa shape index (κ3) is 8.08. The highest BCUT2D eigenvalue weighted by molar-refractivity contribution is 9.10. The maximum absolute atomic E-state index is 6.21. The van der Waals surface area contributed by atoms with Crippen LogP contribution in [0.25, 0.3) is 0 Å². The molecule has 0 spiro atoms. The molecular formula is C21H28BrCl3N2O3. The molecule has 3 rings (SSSR count). The summed E-state index contributed by atoms with van der Waals surface area (Å²) in [6, 6.07) is 11.7. The Labute approximate surface area is 204 Å². The van der Waals surface area contributed by atoms with E-state index in [-0.39, 0.29) is 24.8 Å². The maximum Gasteiger partial charge on any atom is 0.175 e. The highest BCUT2D eigenvalue weighted by Crippen LogP contribution is 2.37. The Balaban J connectivity index is 0.00000225. The van der Waals surface area contributed by atoms with E-state index in [4.69, 9.17) is 25.8 Å². The molecule has 0 bridgehead atoms. The van der Waals surface area contributed by atoms with Crippen LogP contribution >= 0.6 is 52.3 Å². The van der Waals surface area contributed by atoms with Crippen molar-refractivity contribution >= 4 is 52.3 Å². The fourth-order valence-corrected chi connectivity index (χ4v) is 3.87. The van der Waals surface area contributed by atoms with Crippen molar-refractivity contribution in [2.75, 3.05) is 46.5 Å². The summed E-state index contributed by atoms with van der Waals surface area (Å²) in [6.07, 6.45) is 0. The summed E-state index contributed by atoms with van der Waals surface area (Å²) < 4.78 is 17.8. The minimum Gasteiger partial charge on any atom is -0.493 e. The van der Waals surface area contributed by atoms with Crippen LogP contribution in [-0.4, -0.2) is 51.4 Å². The molecule has 0 unspecified atom stereocenters. The van der Waals surface area contributed by atoms with E-state index in [9.17, 15) is 0 Å². The van der Waals surface area contributed by atoms with Crippen molar-refractivity contribution in [2.24, 2.45) is 0 Å². The van der Waals surface area contributed by atoms with E-state index >= 15 is 0 Å². The van der Waals surface area contributed by atoms with Crippen molar-refractivity contribution in [3.63, 3.8) is 0 Å². The maximum atomic E-state index is 6.21. The van der Waals surface area contributed by atoms with E-state index in [0.29, 0.717) is 23.1 Å². The van der Waals surface area contributed by atoms with Crippen molar-refractivity contribution in [1.29, 1.82) is 0 Å². The fourth-order valence-electron chi connectivity index (χ4n) is 3.08. The van der Waals surface area contributed by atoms with Crippen LogP contribution in [-0.2, 0) is 17.9 Å². The van der Waals surface area contributed by atoms with Gasteiger partial charge in [-0.15, -0.1) is 24.8 Å². The van der Waals surface area contributed by atoms with E-state index in [1.165, 1.54) is 0 Å². The number of methoxy groups -OCH3 is 1. The molecule has 1 heterocycles. The first-order chi connectivity index (χ1) is 13.7. The van der Waals surface area contributed by atoms with Gasteiger partial charge in [0.25, 0.3) is 0 Å². The Hall–Kier alpha value is -0.730. The minimum absolute atomic E-state index is 0. The fraction of sp³-hybridized carbons (Fsp3) is 0.429. The van der Waals surface area contributed by atoms with Crippen LogP contribution in [0.4, 0.5) is 0 Å². The molecule has 1 N–H and O–H groups in total. The number of benzene rings is 2. The monoisotopic (exact) mass is 540 g/mol. The lowest BCUT2D eigenvalue weighted by Gasteiger charge is -2.26. The van der Waals surface area contributed by atoms with Crippen LogP contribution in [0.15, 0.2) is 40.9 Å². The summed E-state index contributed by atoms with van der Waals surface area (Å²) in [6.45, 7) is 6.80. The van der Waals surface area contributed by atoms with Gasteiger partial charge in [-0.25, -0.2) is 0 Å². The SMILES string of the molecule is COc1cc(CNCCN2CCOCC2)cc(Br)c1OCc1ccccc1Cl.Cl.Cl. The molecule has 1 aliphatic heterocycles. The van der Waals surface area contributed by atoms with Crippen LogP contribution in [0.1, 0.15) is 11.1 Å². The van der Waals surface area contributed by atoms with Gasteiger partial charge < -0.3 is 19.5 Å². The van der Waals surface area contributed by atoms with Crippen molar-refractivity contribution in [3.8, 4) is 11.5 Å². The Bertz CT molecular complexity index is 777. The van der Waals surface area contributed by atoms with Gasteiger partial charge >= 0.3 is 0 Å². The summed E-state index contributed by atoms with van der Waals surface area (Å²) in [4.78, 5) is 2.42. The standard InChI is InChI=1S/C21H26BrClN2O3.2ClH/c1-26-20-13-16(14-24-6-7-25-8-10-27-11-9-25)12-18(22)21(20)28-15-17-4-2-3-5-19(17)23;;/h2-5,12-13,24H,6-11,14-15H2,1H3;2*1H. The highest BCUT2D eigenvalue weighted by Gasteiger charge is 2.13. The quantitative estimate of drug-likeness (QED) is 0.454. The molecule has 2 aromatic carbocycles. The average Bonchev–Trinajstić information content (AvgIpc) is 2.72. The molecule has 1 fully saturated rings. The van der Waals surface area contributed by atoms with Gasteiger partial charge in [-0.2, -0.15) is 0 Å². The average molecular weight is 543 g/mol. The summed E-state index contributed by atoms with van der Waals surface area (Å²) in [7, 11) is 1.65. The molecule has 0 atom stereocenters. The van der Waals surface area contributed by atoms with Crippen molar-refractivity contribution in [3.05, 3.63) is 57.0 Å². The first-order valence-electron chi connectivity index (χ1n) is 9.41. The smallest absolute Gasteiger partial charge is 0.175 e. The lowest BCUT2D eigenvalue weighted by molar-refractivity contribution is 0.0384. The highest BCUT2D eigenvalue weighted by atomic mass is 79.9. The predicted octanol–water partition coefficient (Wildman–Crippen LogP) is 4.96. The first-order valence-corrected chi connectivity index (χ1v) is 10.6. The lowest BCUT2D eigenvalue weighted by Crippen LogP contribution is -2.40. The van der Waals surface area contributed by atoms with Crippen LogP contribution in [0, 0.1) is 0 Å².